The van der Waals surface area contributed by atoms with Crippen LogP contribution in [0.5, 0.6) is 0 Å². The van der Waals surface area contributed by atoms with Crippen LogP contribution in [-0.2, 0) is 19.8 Å². The third kappa shape index (κ3) is 3.40. The second kappa shape index (κ2) is 5.71. The fraction of sp³-hybridized carbons (Fsp3) is 0.357. The van der Waals surface area contributed by atoms with E-state index in [1.807, 2.05) is 20.9 Å². The van der Waals surface area contributed by atoms with Gasteiger partial charge < -0.3 is 5.32 Å². The minimum atomic E-state index is -4.35. The number of aromatic nitrogens is 2. The van der Waals surface area contributed by atoms with Crippen LogP contribution < -0.4 is 5.32 Å². The van der Waals surface area contributed by atoms with Gasteiger partial charge in [-0.25, -0.2) is 0 Å². The van der Waals surface area contributed by atoms with E-state index in [0.29, 0.717) is 16.7 Å². The number of hydrogen-bond donors (Lipinski definition) is 1. The van der Waals surface area contributed by atoms with Gasteiger partial charge in [0.15, 0.2) is 0 Å². The number of aryl methyl sites for hydroxylation is 2. The fourth-order valence-corrected chi connectivity index (χ4v) is 2.48. The second-order valence-corrected chi connectivity index (χ2v) is 5.67. The molecule has 0 aliphatic heterocycles. The van der Waals surface area contributed by atoms with E-state index in [1.165, 1.54) is 6.07 Å². The van der Waals surface area contributed by atoms with Crippen molar-refractivity contribution < 1.29 is 13.2 Å². The first kappa shape index (κ1) is 15.9. The Balaban J connectivity index is 2.24. The zero-order chi connectivity index (χ0) is 15.8. The van der Waals surface area contributed by atoms with Gasteiger partial charge in [0.25, 0.3) is 0 Å². The van der Waals surface area contributed by atoms with Crippen LogP contribution in [0.2, 0.25) is 0 Å². The van der Waals surface area contributed by atoms with Gasteiger partial charge in [-0.2, -0.15) is 18.3 Å². The molecule has 114 valence electrons. The van der Waals surface area contributed by atoms with Gasteiger partial charge in [0, 0.05) is 35.0 Å². The van der Waals surface area contributed by atoms with Crippen molar-refractivity contribution in [3.05, 3.63) is 45.2 Å². The molecule has 0 amide bonds. The molecule has 0 fully saturated rings. The molecule has 1 N–H and O–H groups in total. The van der Waals surface area contributed by atoms with E-state index < -0.39 is 11.7 Å². The van der Waals surface area contributed by atoms with E-state index in [0.717, 1.165) is 29.1 Å². The molecule has 0 aliphatic rings. The van der Waals surface area contributed by atoms with Gasteiger partial charge in [0.1, 0.15) is 0 Å². The Morgan fingerprint density at radius 1 is 1.29 bits per heavy atom. The Morgan fingerprint density at radius 2 is 1.95 bits per heavy atom. The van der Waals surface area contributed by atoms with Gasteiger partial charge in [-0.3, -0.25) is 4.68 Å². The molecule has 0 saturated carbocycles. The molecule has 1 aromatic heterocycles. The average molecular weight is 362 g/mol. The second-order valence-electron chi connectivity index (χ2n) is 4.82. The number of anilines is 1. The maximum atomic E-state index is 12.7. The predicted octanol–water partition coefficient (Wildman–Crippen LogP) is 4.43. The lowest BCUT2D eigenvalue weighted by Crippen LogP contribution is -2.07. The lowest BCUT2D eigenvalue weighted by atomic mass is 10.1. The Bertz CT molecular complexity index is 662. The topological polar surface area (TPSA) is 29.9 Å². The van der Waals surface area contributed by atoms with Crippen LogP contribution in [0.1, 0.15) is 22.5 Å². The molecule has 0 spiro atoms. The highest BCUT2D eigenvalue weighted by Crippen LogP contribution is 2.34. The zero-order valence-corrected chi connectivity index (χ0v) is 13.4. The summed E-state index contributed by atoms with van der Waals surface area (Å²) in [5.74, 6) is 0. The zero-order valence-electron chi connectivity index (χ0n) is 11.8. The van der Waals surface area contributed by atoms with Gasteiger partial charge >= 0.3 is 6.18 Å². The largest absolute Gasteiger partial charge is 0.416 e. The summed E-state index contributed by atoms with van der Waals surface area (Å²) in [5, 5.41) is 7.32. The molecular formula is C14H15BrF3N3. The SMILES string of the molecule is Cc1nn(C)c(C)c1CNc1cc(C(F)(F)F)ccc1Br. The summed E-state index contributed by atoms with van der Waals surface area (Å²) in [7, 11) is 1.84. The Hall–Kier alpha value is -1.50. The first-order valence-corrected chi connectivity index (χ1v) is 7.09. The van der Waals surface area contributed by atoms with Gasteiger partial charge in [-0.15, -0.1) is 0 Å². The standard InChI is InChI=1S/C14H15BrF3N3/c1-8-11(9(2)21(3)20-8)7-19-13-6-10(14(16,17)18)4-5-12(13)15/h4-6,19H,7H2,1-3H3. The van der Waals surface area contributed by atoms with Crippen molar-refractivity contribution in [2.45, 2.75) is 26.6 Å². The van der Waals surface area contributed by atoms with Gasteiger partial charge in [0.05, 0.1) is 11.3 Å². The van der Waals surface area contributed by atoms with Crippen LogP contribution in [0.25, 0.3) is 0 Å². The summed E-state index contributed by atoms with van der Waals surface area (Å²) >= 11 is 3.26. The highest BCUT2D eigenvalue weighted by molar-refractivity contribution is 9.10. The summed E-state index contributed by atoms with van der Waals surface area (Å²) in [4.78, 5) is 0. The number of nitrogens with zero attached hydrogens (tertiary/aromatic N) is 2. The smallest absolute Gasteiger partial charge is 0.380 e. The molecule has 0 unspecified atom stereocenters. The van der Waals surface area contributed by atoms with E-state index >= 15 is 0 Å². The molecule has 21 heavy (non-hydrogen) atoms. The van der Waals surface area contributed by atoms with Crippen LogP contribution in [0.3, 0.4) is 0 Å². The lowest BCUT2D eigenvalue weighted by Gasteiger charge is -2.13. The van der Waals surface area contributed by atoms with Crippen molar-refractivity contribution in [1.29, 1.82) is 0 Å². The van der Waals surface area contributed by atoms with Gasteiger partial charge in [-0.05, 0) is 48.0 Å². The minimum Gasteiger partial charge on any atom is -0.380 e. The molecule has 0 aliphatic carbocycles. The van der Waals surface area contributed by atoms with Crippen LogP contribution in [0.4, 0.5) is 18.9 Å². The van der Waals surface area contributed by atoms with Gasteiger partial charge in [0.2, 0.25) is 0 Å². The Morgan fingerprint density at radius 3 is 2.48 bits per heavy atom. The minimum absolute atomic E-state index is 0.410. The summed E-state index contributed by atoms with van der Waals surface area (Å²) in [5.41, 5.74) is 2.58. The van der Waals surface area contributed by atoms with Crippen molar-refractivity contribution >= 4 is 21.6 Å². The monoisotopic (exact) mass is 361 g/mol. The predicted molar refractivity (Wildman–Crippen MR) is 79.2 cm³/mol. The third-order valence-corrected chi connectivity index (χ3v) is 4.10. The van der Waals surface area contributed by atoms with Gasteiger partial charge in [-0.1, -0.05) is 0 Å². The molecule has 0 bridgehead atoms. The quantitative estimate of drug-likeness (QED) is 0.876. The van der Waals surface area contributed by atoms with E-state index in [4.69, 9.17) is 0 Å². The van der Waals surface area contributed by atoms with E-state index in [9.17, 15) is 13.2 Å². The molecule has 0 atom stereocenters. The fourth-order valence-electron chi connectivity index (χ4n) is 2.09. The van der Waals surface area contributed by atoms with Crippen LogP contribution in [-0.4, -0.2) is 9.78 Å². The Labute approximate surface area is 129 Å². The van der Waals surface area contributed by atoms with Crippen molar-refractivity contribution in [1.82, 2.24) is 9.78 Å². The maximum Gasteiger partial charge on any atom is 0.416 e. The molecule has 1 heterocycles. The number of hydrogen-bond acceptors (Lipinski definition) is 2. The highest BCUT2D eigenvalue weighted by Gasteiger charge is 2.30. The molecule has 0 radical (unpaired) electrons. The number of halogens is 4. The van der Waals surface area contributed by atoms with Crippen LogP contribution >= 0.6 is 15.9 Å². The van der Waals surface area contributed by atoms with E-state index in [1.54, 1.807) is 4.68 Å². The number of alkyl halides is 3. The normalized spacial score (nSPS) is 11.8. The molecule has 1 aromatic carbocycles. The first-order chi connectivity index (χ1) is 9.70. The molecule has 3 nitrogen and oxygen atoms in total. The van der Waals surface area contributed by atoms with Crippen molar-refractivity contribution in [3.8, 4) is 0 Å². The average Bonchev–Trinajstić information content (AvgIpc) is 2.62. The highest BCUT2D eigenvalue weighted by atomic mass is 79.9. The third-order valence-electron chi connectivity index (χ3n) is 3.41. The van der Waals surface area contributed by atoms with Crippen molar-refractivity contribution in [2.75, 3.05) is 5.32 Å². The molecule has 2 rings (SSSR count). The summed E-state index contributed by atoms with van der Waals surface area (Å²) in [6.07, 6.45) is -4.35. The molecule has 2 aromatic rings. The van der Waals surface area contributed by atoms with Crippen molar-refractivity contribution in [2.24, 2.45) is 7.05 Å². The number of rotatable bonds is 3. The summed E-state index contributed by atoms with van der Waals surface area (Å²) in [6.45, 7) is 4.23. The first-order valence-electron chi connectivity index (χ1n) is 6.30. The number of benzene rings is 1. The van der Waals surface area contributed by atoms with E-state index in [-0.39, 0.29) is 0 Å². The van der Waals surface area contributed by atoms with Crippen molar-refractivity contribution in [3.63, 3.8) is 0 Å². The summed E-state index contributed by atoms with van der Waals surface area (Å²) < 4.78 is 40.6. The molecule has 0 saturated heterocycles. The van der Waals surface area contributed by atoms with Crippen LogP contribution in [0.15, 0.2) is 22.7 Å². The Kier molecular flexibility index (Phi) is 4.32. The lowest BCUT2D eigenvalue weighted by molar-refractivity contribution is -0.137. The molecule has 7 heteroatoms. The summed E-state index contributed by atoms with van der Waals surface area (Å²) in [6, 6.07) is 3.55. The number of nitrogens with one attached hydrogen (secondary N) is 1. The van der Waals surface area contributed by atoms with E-state index in [2.05, 4.69) is 26.3 Å². The maximum absolute atomic E-state index is 12.7. The molecular weight excluding hydrogens is 347 g/mol. The van der Waals surface area contributed by atoms with Crippen LogP contribution in [0, 0.1) is 13.8 Å².